The van der Waals surface area contributed by atoms with Crippen LogP contribution in [0.2, 0.25) is 15.1 Å². The van der Waals surface area contributed by atoms with Crippen LogP contribution in [0.3, 0.4) is 0 Å². The minimum absolute atomic E-state index is 0.0519. The zero-order valence-corrected chi connectivity index (χ0v) is 23.0. The zero-order valence-electron chi connectivity index (χ0n) is 20.7. The third-order valence-corrected chi connectivity index (χ3v) is 6.30. The van der Waals surface area contributed by atoms with E-state index in [9.17, 15) is 19.2 Å². The van der Waals surface area contributed by atoms with Gasteiger partial charge in [0.1, 0.15) is 12.6 Å². The van der Waals surface area contributed by atoms with E-state index < -0.39 is 29.9 Å². The lowest BCUT2D eigenvalue weighted by Crippen LogP contribution is -2.50. The van der Waals surface area contributed by atoms with E-state index in [1.54, 1.807) is 49.5 Å². The van der Waals surface area contributed by atoms with Gasteiger partial charge in [0, 0.05) is 24.2 Å². The number of hydrogen-bond acceptors (Lipinski definition) is 5. The van der Waals surface area contributed by atoms with E-state index >= 15 is 0 Å². The Bertz CT molecular complexity index is 1350. The topological polar surface area (TPSA) is 131 Å². The van der Waals surface area contributed by atoms with Gasteiger partial charge in [-0.15, -0.1) is 0 Å². The molecule has 0 aromatic heterocycles. The molecule has 0 saturated heterocycles. The fraction of sp³-hybridized carbons (Fsp3) is 0.185. The Hall–Kier alpha value is -3.79. The van der Waals surface area contributed by atoms with Gasteiger partial charge in [-0.05, 0) is 35.4 Å². The second-order valence-electron chi connectivity index (χ2n) is 8.47. The Labute approximate surface area is 240 Å². The Balaban J connectivity index is 1.73. The molecule has 4 N–H and O–H groups in total. The van der Waals surface area contributed by atoms with Gasteiger partial charge in [-0.2, -0.15) is 0 Å². The molecule has 39 heavy (non-hydrogen) atoms. The molecule has 1 atom stereocenters. The average molecular weight is 592 g/mol. The molecule has 0 spiro atoms. The van der Waals surface area contributed by atoms with Crippen LogP contribution in [-0.4, -0.2) is 48.3 Å². The van der Waals surface area contributed by atoms with Crippen LogP contribution in [0.15, 0.2) is 66.7 Å². The first-order valence-electron chi connectivity index (χ1n) is 11.6. The number of ether oxygens (including phenoxy) is 1. The first kappa shape index (κ1) is 29.8. The zero-order chi connectivity index (χ0) is 28.5. The predicted molar refractivity (Wildman–Crippen MR) is 149 cm³/mol. The highest BCUT2D eigenvalue weighted by atomic mass is 35.5. The molecular weight excluding hydrogens is 567 g/mol. The number of nitrogens with one attached hydrogen (secondary N) is 2. The number of primary amides is 1. The fourth-order valence-electron chi connectivity index (χ4n) is 3.57. The highest BCUT2D eigenvalue weighted by molar-refractivity contribution is 6.40. The SMILES string of the molecule is CN(Cc1cccc(Cl)c1)C(=O)c1cc(Cl)c(C(=O)N[C@@H](CNC(N)=O)C(=O)OCc2ccccc2)c(Cl)c1. The number of rotatable bonds is 10. The number of halogens is 3. The third kappa shape index (κ3) is 8.61. The monoisotopic (exact) mass is 590 g/mol. The van der Waals surface area contributed by atoms with Crippen molar-refractivity contribution in [3.05, 3.63) is 104 Å². The van der Waals surface area contributed by atoms with Crippen LogP contribution in [0.25, 0.3) is 0 Å². The smallest absolute Gasteiger partial charge is 0.330 e. The van der Waals surface area contributed by atoms with Crippen molar-refractivity contribution in [1.29, 1.82) is 0 Å². The van der Waals surface area contributed by atoms with Crippen molar-refractivity contribution in [3.63, 3.8) is 0 Å². The van der Waals surface area contributed by atoms with Crippen molar-refractivity contribution in [3.8, 4) is 0 Å². The molecule has 12 heteroatoms. The first-order chi connectivity index (χ1) is 18.5. The van der Waals surface area contributed by atoms with Gasteiger partial charge in [0.05, 0.1) is 22.2 Å². The molecule has 0 radical (unpaired) electrons. The summed E-state index contributed by atoms with van der Waals surface area (Å²) in [5.74, 6) is -2.02. The van der Waals surface area contributed by atoms with E-state index in [-0.39, 0.29) is 40.9 Å². The second-order valence-corrected chi connectivity index (χ2v) is 9.72. The highest BCUT2D eigenvalue weighted by Gasteiger charge is 2.27. The lowest BCUT2D eigenvalue weighted by atomic mass is 10.1. The normalized spacial score (nSPS) is 11.3. The minimum Gasteiger partial charge on any atom is -0.459 e. The van der Waals surface area contributed by atoms with Crippen molar-refractivity contribution in [2.24, 2.45) is 5.73 Å². The summed E-state index contributed by atoms with van der Waals surface area (Å²) < 4.78 is 5.28. The molecule has 9 nitrogen and oxygen atoms in total. The van der Waals surface area contributed by atoms with Crippen LogP contribution < -0.4 is 16.4 Å². The summed E-state index contributed by atoms with van der Waals surface area (Å²) in [5.41, 5.74) is 6.66. The third-order valence-electron chi connectivity index (χ3n) is 5.47. The van der Waals surface area contributed by atoms with Crippen molar-refractivity contribution in [1.82, 2.24) is 15.5 Å². The van der Waals surface area contributed by atoms with Gasteiger partial charge >= 0.3 is 12.0 Å². The quantitative estimate of drug-likeness (QED) is 0.300. The molecule has 3 aromatic rings. The van der Waals surface area contributed by atoms with Crippen molar-refractivity contribution < 1.29 is 23.9 Å². The van der Waals surface area contributed by atoms with Crippen LogP contribution in [-0.2, 0) is 22.7 Å². The first-order valence-corrected chi connectivity index (χ1v) is 12.7. The van der Waals surface area contributed by atoms with Crippen LogP contribution in [0.5, 0.6) is 0 Å². The Morgan fingerprint density at radius 1 is 0.923 bits per heavy atom. The van der Waals surface area contributed by atoms with E-state index in [1.807, 2.05) is 12.1 Å². The Kier molecular flexibility index (Phi) is 10.6. The molecule has 3 rings (SSSR count). The van der Waals surface area contributed by atoms with E-state index in [0.717, 1.165) is 11.1 Å². The number of nitrogens with two attached hydrogens (primary N) is 1. The van der Waals surface area contributed by atoms with Gasteiger partial charge in [0.2, 0.25) is 0 Å². The van der Waals surface area contributed by atoms with Crippen molar-refractivity contribution in [2.45, 2.75) is 19.2 Å². The molecule has 0 saturated carbocycles. The van der Waals surface area contributed by atoms with E-state index in [1.165, 1.54) is 17.0 Å². The molecular formula is C27H25Cl3N4O5. The lowest BCUT2D eigenvalue weighted by Gasteiger charge is -2.20. The van der Waals surface area contributed by atoms with Crippen LogP contribution in [0, 0.1) is 0 Å². The van der Waals surface area contributed by atoms with Gasteiger partial charge in [-0.25, -0.2) is 9.59 Å². The number of urea groups is 1. The number of carbonyl (C=O) groups excluding carboxylic acids is 4. The Morgan fingerprint density at radius 3 is 2.18 bits per heavy atom. The van der Waals surface area contributed by atoms with Gasteiger partial charge in [0.25, 0.3) is 11.8 Å². The molecule has 0 aliphatic carbocycles. The van der Waals surface area contributed by atoms with Crippen LogP contribution in [0.1, 0.15) is 31.8 Å². The summed E-state index contributed by atoms with van der Waals surface area (Å²) >= 11 is 18.7. The average Bonchev–Trinajstić information content (AvgIpc) is 2.89. The van der Waals surface area contributed by atoms with Crippen molar-refractivity contribution >= 4 is 58.6 Å². The number of benzene rings is 3. The lowest BCUT2D eigenvalue weighted by molar-refractivity contribution is -0.147. The standard InChI is InChI=1S/C27H25Cl3N4O5/c1-34(14-17-8-5-9-19(28)10-17)25(36)18-11-20(29)23(21(30)12-18)24(35)33-22(13-32-27(31)38)26(37)39-15-16-6-3-2-4-7-16/h2-12,22H,13-15H2,1H3,(H,33,35)(H3,31,32,38)/t22-/m0/s1. The molecule has 0 aliphatic heterocycles. The van der Waals surface area contributed by atoms with Crippen molar-refractivity contribution in [2.75, 3.05) is 13.6 Å². The van der Waals surface area contributed by atoms with Gasteiger partial charge < -0.3 is 26.0 Å². The summed E-state index contributed by atoms with van der Waals surface area (Å²) in [6, 6.07) is 16.4. The molecule has 3 aromatic carbocycles. The molecule has 0 fully saturated rings. The van der Waals surface area contributed by atoms with E-state index in [2.05, 4.69) is 10.6 Å². The summed E-state index contributed by atoms with van der Waals surface area (Å²) in [6.07, 6.45) is 0. The van der Waals surface area contributed by atoms with Gasteiger partial charge in [0.15, 0.2) is 0 Å². The number of hydrogen-bond donors (Lipinski definition) is 3. The fourth-order valence-corrected chi connectivity index (χ4v) is 4.44. The maximum absolute atomic E-state index is 13.1. The molecule has 4 amide bonds. The van der Waals surface area contributed by atoms with E-state index in [4.69, 9.17) is 45.3 Å². The summed E-state index contributed by atoms with van der Waals surface area (Å²) in [4.78, 5) is 51.4. The Morgan fingerprint density at radius 2 is 1.56 bits per heavy atom. The number of nitrogens with zero attached hydrogens (tertiary/aromatic N) is 1. The predicted octanol–water partition coefficient (Wildman–Crippen LogP) is 4.43. The summed E-state index contributed by atoms with van der Waals surface area (Å²) in [7, 11) is 1.60. The molecule has 204 valence electrons. The number of carbonyl (C=O) groups is 4. The summed E-state index contributed by atoms with van der Waals surface area (Å²) in [6.45, 7) is -0.116. The van der Waals surface area contributed by atoms with Crippen LogP contribution >= 0.6 is 34.8 Å². The number of esters is 1. The summed E-state index contributed by atoms with van der Waals surface area (Å²) in [5, 5.41) is 5.04. The molecule has 0 aliphatic rings. The van der Waals surface area contributed by atoms with E-state index in [0.29, 0.717) is 5.02 Å². The van der Waals surface area contributed by atoms with Crippen LogP contribution in [0.4, 0.5) is 4.79 Å². The minimum atomic E-state index is -1.30. The molecule has 0 heterocycles. The second kappa shape index (κ2) is 13.8. The molecule has 0 unspecified atom stereocenters. The maximum Gasteiger partial charge on any atom is 0.330 e. The highest BCUT2D eigenvalue weighted by Crippen LogP contribution is 2.28. The van der Waals surface area contributed by atoms with Gasteiger partial charge in [-0.1, -0.05) is 77.3 Å². The number of amides is 4. The maximum atomic E-state index is 13.1. The van der Waals surface area contributed by atoms with Gasteiger partial charge in [-0.3, -0.25) is 9.59 Å². The molecule has 0 bridgehead atoms. The largest absolute Gasteiger partial charge is 0.459 e.